The molecular weight excluding hydrogens is 280 g/mol. The van der Waals surface area contributed by atoms with Crippen molar-refractivity contribution in [3.8, 4) is 11.5 Å². The summed E-state index contributed by atoms with van der Waals surface area (Å²) in [5, 5.41) is 2.93. The van der Waals surface area contributed by atoms with Gasteiger partial charge >= 0.3 is 0 Å². The second-order valence-corrected chi connectivity index (χ2v) is 5.83. The van der Waals surface area contributed by atoms with Crippen LogP contribution in [0.5, 0.6) is 11.5 Å². The van der Waals surface area contributed by atoms with Gasteiger partial charge in [0.1, 0.15) is 11.5 Å². The molecule has 0 radical (unpaired) electrons. The van der Waals surface area contributed by atoms with Crippen LogP contribution in [0.2, 0.25) is 0 Å². The lowest BCUT2D eigenvalue weighted by Gasteiger charge is -2.21. The van der Waals surface area contributed by atoms with Crippen molar-refractivity contribution in [1.29, 1.82) is 0 Å². The van der Waals surface area contributed by atoms with Gasteiger partial charge in [0.25, 0.3) is 0 Å². The van der Waals surface area contributed by atoms with E-state index in [9.17, 15) is 4.79 Å². The zero-order chi connectivity index (χ0) is 15.9. The predicted molar refractivity (Wildman–Crippen MR) is 87.6 cm³/mol. The van der Waals surface area contributed by atoms with Crippen LogP contribution in [0.25, 0.3) is 0 Å². The van der Waals surface area contributed by atoms with Crippen LogP contribution in [0.4, 0.5) is 5.69 Å². The number of carbonyl (C=O) groups excluding carboxylic acids is 1. The third-order valence-corrected chi connectivity index (χ3v) is 3.76. The number of hydrogen-bond acceptors (Lipinski definition) is 4. The van der Waals surface area contributed by atoms with Crippen molar-refractivity contribution < 1.29 is 14.3 Å². The molecule has 0 atom stereocenters. The van der Waals surface area contributed by atoms with Crippen molar-refractivity contribution in [2.24, 2.45) is 5.92 Å². The number of rotatable bonds is 9. The molecule has 5 heteroatoms. The summed E-state index contributed by atoms with van der Waals surface area (Å²) in [6, 6.07) is 5.38. The zero-order valence-electron chi connectivity index (χ0n) is 13.7. The lowest BCUT2D eigenvalue weighted by Crippen LogP contribution is -2.35. The van der Waals surface area contributed by atoms with Crippen molar-refractivity contribution in [2.75, 3.05) is 39.2 Å². The number of benzene rings is 1. The minimum absolute atomic E-state index is 0.00408. The number of anilines is 1. The Kier molecular flexibility index (Phi) is 6.07. The van der Waals surface area contributed by atoms with Gasteiger partial charge in [0.05, 0.1) is 20.8 Å². The summed E-state index contributed by atoms with van der Waals surface area (Å²) < 4.78 is 10.4. The van der Waals surface area contributed by atoms with E-state index in [2.05, 4.69) is 17.1 Å². The van der Waals surface area contributed by atoms with Crippen LogP contribution in [-0.2, 0) is 4.79 Å². The van der Waals surface area contributed by atoms with E-state index >= 15 is 0 Å². The molecular formula is C17H26N2O3. The Morgan fingerprint density at radius 3 is 2.36 bits per heavy atom. The lowest BCUT2D eigenvalue weighted by molar-refractivity contribution is -0.117. The van der Waals surface area contributed by atoms with E-state index in [0.29, 0.717) is 23.7 Å². The molecule has 0 unspecified atom stereocenters. The average Bonchev–Trinajstić information content (AvgIpc) is 3.30. The Labute approximate surface area is 132 Å². The predicted octanol–water partition coefficient (Wildman–Crippen LogP) is 2.76. The van der Waals surface area contributed by atoms with Gasteiger partial charge in [-0.25, -0.2) is 0 Å². The molecule has 0 saturated heterocycles. The van der Waals surface area contributed by atoms with Crippen molar-refractivity contribution in [3.05, 3.63) is 18.2 Å². The first-order valence-corrected chi connectivity index (χ1v) is 7.90. The first-order valence-electron chi connectivity index (χ1n) is 7.90. The number of nitrogens with one attached hydrogen (secondary N) is 1. The van der Waals surface area contributed by atoms with Crippen molar-refractivity contribution in [3.63, 3.8) is 0 Å². The standard InChI is InChI=1S/C17H26N2O3/c1-4-7-19(11-13-5-6-13)12-17(20)18-14-8-15(21-2)10-16(9-14)22-3/h8-10,13H,4-7,11-12H2,1-3H3,(H,18,20). The van der Waals surface area contributed by atoms with Gasteiger partial charge in [0, 0.05) is 30.4 Å². The molecule has 0 heterocycles. The van der Waals surface area contributed by atoms with Crippen LogP contribution >= 0.6 is 0 Å². The summed E-state index contributed by atoms with van der Waals surface area (Å²) >= 11 is 0. The van der Waals surface area contributed by atoms with Gasteiger partial charge < -0.3 is 14.8 Å². The minimum Gasteiger partial charge on any atom is -0.497 e. The van der Waals surface area contributed by atoms with Gasteiger partial charge in [-0.15, -0.1) is 0 Å². The fourth-order valence-electron chi connectivity index (χ4n) is 2.50. The second kappa shape index (κ2) is 8.03. The Morgan fingerprint density at radius 1 is 1.23 bits per heavy atom. The highest BCUT2D eigenvalue weighted by Gasteiger charge is 2.24. The van der Waals surface area contributed by atoms with E-state index in [4.69, 9.17) is 9.47 Å². The van der Waals surface area contributed by atoms with Crippen LogP contribution in [0, 0.1) is 5.92 Å². The monoisotopic (exact) mass is 306 g/mol. The highest BCUT2D eigenvalue weighted by molar-refractivity contribution is 5.92. The van der Waals surface area contributed by atoms with Gasteiger partial charge in [-0.2, -0.15) is 0 Å². The first-order chi connectivity index (χ1) is 10.6. The fraction of sp³-hybridized carbons (Fsp3) is 0.588. The Balaban J connectivity index is 1.94. The van der Waals surface area contributed by atoms with Crippen LogP contribution in [0.3, 0.4) is 0 Å². The number of amides is 1. The SMILES string of the molecule is CCCN(CC(=O)Nc1cc(OC)cc(OC)c1)CC1CC1. The van der Waals surface area contributed by atoms with E-state index < -0.39 is 0 Å². The van der Waals surface area contributed by atoms with E-state index in [-0.39, 0.29) is 5.91 Å². The van der Waals surface area contributed by atoms with E-state index in [1.54, 1.807) is 32.4 Å². The Hall–Kier alpha value is -1.75. The molecule has 1 N–H and O–H groups in total. The van der Waals surface area contributed by atoms with Gasteiger partial charge in [-0.05, 0) is 31.7 Å². The largest absolute Gasteiger partial charge is 0.497 e. The summed E-state index contributed by atoms with van der Waals surface area (Å²) in [6.45, 7) is 4.57. The normalized spacial score (nSPS) is 14.0. The topological polar surface area (TPSA) is 50.8 Å². The molecule has 122 valence electrons. The maximum Gasteiger partial charge on any atom is 0.238 e. The lowest BCUT2D eigenvalue weighted by atomic mass is 10.2. The van der Waals surface area contributed by atoms with Crippen molar-refractivity contribution in [2.45, 2.75) is 26.2 Å². The molecule has 1 aliphatic carbocycles. The number of methoxy groups -OCH3 is 2. The molecule has 1 aromatic rings. The molecule has 1 fully saturated rings. The average molecular weight is 306 g/mol. The molecule has 22 heavy (non-hydrogen) atoms. The maximum atomic E-state index is 12.3. The van der Waals surface area contributed by atoms with E-state index in [1.807, 2.05) is 0 Å². The highest BCUT2D eigenvalue weighted by atomic mass is 16.5. The van der Waals surface area contributed by atoms with Gasteiger partial charge in [-0.1, -0.05) is 6.92 Å². The van der Waals surface area contributed by atoms with Gasteiger partial charge in [-0.3, -0.25) is 9.69 Å². The zero-order valence-corrected chi connectivity index (χ0v) is 13.7. The summed E-state index contributed by atoms with van der Waals surface area (Å²) in [7, 11) is 3.19. The molecule has 0 bridgehead atoms. The third kappa shape index (κ3) is 5.22. The fourth-order valence-corrected chi connectivity index (χ4v) is 2.50. The van der Waals surface area contributed by atoms with Crippen molar-refractivity contribution in [1.82, 2.24) is 4.90 Å². The summed E-state index contributed by atoms with van der Waals surface area (Å²) in [5.74, 6) is 2.12. The maximum absolute atomic E-state index is 12.3. The van der Waals surface area contributed by atoms with Crippen molar-refractivity contribution >= 4 is 11.6 Å². The molecule has 0 aliphatic heterocycles. The minimum atomic E-state index is 0.00408. The molecule has 0 aromatic heterocycles. The summed E-state index contributed by atoms with van der Waals surface area (Å²) in [6.07, 6.45) is 3.66. The Morgan fingerprint density at radius 2 is 1.86 bits per heavy atom. The van der Waals surface area contributed by atoms with Crippen LogP contribution in [0.1, 0.15) is 26.2 Å². The van der Waals surface area contributed by atoms with E-state index in [1.165, 1.54) is 12.8 Å². The summed E-state index contributed by atoms with van der Waals surface area (Å²) in [5.41, 5.74) is 0.698. The number of carbonyl (C=O) groups is 1. The summed E-state index contributed by atoms with van der Waals surface area (Å²) in [4.78, 5) is 14.5. The molecule has 5 nitrogen and oxygen atoms in total. The number of nitrogens with zero attached hydrogens (tertiary/aromatic N) is 1. The third-order valence-electron chi connectivity index (χ3n) is 3.76. The van der Waals surface area contributed by atoms with Gasteiger partial charge in [0.2, 0.25) is 5.91 Å². The van der Waals surface area contributed by atoms with Crippen LogP contribution in [-0.4, -0.2) is 44.7 Å². The number of hydrogen-bond donors (Lipinski definition) is 1. The van der Waals surface area contributed by atoms with Crippen LogP contribution < -0.4 is 14.8 Å². The Bertz CT molecular complexity index is 478. The highest BCUT2D eigenvalue weighted by Crippen LogP contribution is 2.30. The molecule has 0 spiro atoms. The molecule has 1 amide bonds. The smallest absolute Gasteiger partial charge is 0.238 e. The molecule has 1 aliphatic rings. The quantitative estimate of drug-likeness (QED) is 0.762. The molecule has 1 saturated carbocycles. The second-order valence-electron chi connectivity index (χ2n) is 5.83. The van der Waals surface area contributed by atoms with Crippen LogP contribution in [0.15, 0.2) is 18.2 Å². The van der Waals surface area contributed by atoms with E-state index in [0.717, 1.165) is 25.4 Å². The molecule has 2 rings (SSSR count). The first kappa shape index (κ1) is 16.6. The van der Waals surface area contributed by atoms with Gasteiger partial charge in [0.15, 0.2) is 0 Å². The number of ether oxygens (including phenoxy) is 2. The molecule has 1 aromatic carbocycles.